The summed E-state index contributed by atoms with van der Waals surface area (Å²) in [6, 6.07) is 7.63. The van der Waals surface area contributed by atoms with Gasteiger partial charge in [-0.1, -0.05) is 19.9 Å². The second kappa shape index (κ2) is 16.1. The molecule has 11 nitrogen and oxygen atoms in total. The van der Waals surface area contributed by atoms with Crippen LogP contribution in [0.4, 0.5) is 5.69 Å². The van der Waals surface area contributed by atoms with Crippen molar-refractivity contribution in [2.75, 3.05) is 70.6 Å². The highest BCUT2D eigenvalue weighted by molar-refractivity contribution is 7.88. The Hall–Kier alpha value is -1.98. The normalized spacial score (nSPS) is 14.3. The number of hydrazine groups is 1. The van der Waals surface area contributed by atoms with Gasteiger partial charge >= 0.3 is 0 Å². The predicted molar refractivity (Wildman–Crippen MR) is 150 cm³/mol. The zero-order valence-corrected chi connectivity index (χ0v) is 24.5. The lowest BCUT2D eigenvalue weighted by Gasteiger charge is -2.38. The molecule has 0 bridgehead atoms. The molecular weight excluding hydrogens is 541 g/mol. The molecule has 0 aromatic heterocycles. The van der Waals surface area contributed by atoms with Crippen molar-refractivity contribution in [3.63, 3.8) is 0 Å². The van der Waals surface area contributed by atoms with Crippen molar-refractivity contribution in [2.45, 2.75) is 26.8 Å². The van der Waals surface area contributed by atoms with E-state index in [-0.39, 0.29) is 55.8 Å². The summed E-state index contributed by atoms with van der Waals surface area (Å²) in [5.41, 5.74) is 2.03. The molecule has 0 spiro atoms. The fourth-order valence-electron chi connectivity index (χ4n) is 3.77. The number of benzene rings is 1. The first-order valence-corrected chi connectivity index (χ1v) is 13.5. The third kappa shape index (κ3) is 10.7. The minimum atomic E-state index is -3.24. The lowest BCUT2D eigenvalue weighted by molar-refractivity contribution is -0.146. The van der Waals surface area contributed by atoms with Gasteiger partial charge in [-0.15, -0.1) is 24.8 Å². The molecular formula is C23H39Cl2N7O4S. The minimum absolute atomic E-state index is 0. The fraction of sp³-hybridized carbons (Fsp3) is 0.609. The number of nitriles is 1. The maximum atomic E-state index is 13.1. The zero-order chi connectivity index (χ0) is 26.2. The van der Waals surface area contributed by atoms with E-state index in [0.29, 0.717) is 50.5 Å². The molecule has 1 aromatic carbocycles. The van der Waals surface area contributed by atoms with Crippen molar-refractivity contribution < 1.29 is 18.0 Å². The van der Waals surface area contributed by atoms with Gasteiger partial charge in [-0.05, 0) is 24.6 Å². The first-order chi connectivity index (χ1) is 16.4. The fourth-order valence-corrected chi connectivity index (χ4v) is 4.59. The molecule has 0 saturated carbocycles. The summed E-state index contributed by atoms with van der Waals surface area (Å²) >= 11 is 0. The molecule has 1 saturated heterocycles. The molecule has 1 aliphatic rings. The Bertz CT molecular complexity index is 1040. The number of amides is 2. The molecule has 0 unspecified atom stereocenters. The van der Waals surface area contributed by atoms with E-state index in [9.17, 15) is 23.3 Å². The van der Waals surface area contributed by atoms with Gasteiger partial charge in [0.25, 0.3) is 5.91 Å². The second-order valence-electron chi connectivity index (χ2n) is 8.90. The Morgan fingerprint density at radius 2 is 1.70 bits per heavy atom. The standard InChI is InChI=1S/C23H37N7O4S.2ClH/c1-18(2)26-8-9-30(21-14-20(15-24)7-6-19(21)3)23(32)17-25-16-22(31)27(4)28-10-12-29(13-11-28)35(5,33)34;;/h6-7,14,18,25-26H,8-13,16-17H2,1-5H3;2*1H. The number of halogens is 2. The van der Waals surface area contributed by atoms with E-state index in [4.69, 9.17) is 0 Å². The van der Waals surface area contributed by atoms with E-state index >= 15 is 0 Å². The number of carbonyl (C=O) groups excluding carboxylic acids is 2. The van der Waals surface area contributed by atoms with Gasteiger partial charge in [0, 0.05) is 58.0 Å². The van der Waals surface area contributed by atoms with Crippen LogP contribution in [-0.2, 0) is 19.6 Å². The van der Waals surface area contributed by atoms with Crippen LogP contribution in [0.25, 0.3) is 0 Å². The van der Waals surface area contributed by atoms with E-state index in [1.165, 1.54) is 15.6 Å². The lowest BCUT2D eigenvalue weighted by Crippen LogP contribution is -2.56. The van der Waals surface area contributed by atoms with Crippen LogP contribution in [-0.4, -0.2) is 106 Å². The first-order valence-electron chi connectivity index (χ1n) is 11.7. The van der Waals surface area contributed by atoms with E-state index < -0.39 is 10.0 Å². The van der Waals surface area contributed by atoms with Gasteiger partial charge in [-0.25, -0.2) is 13.4 Å². The number of carbonyl (C=O) groups is 2. The number of anilines is 1. The predicted octanol–water partition coefficient (Wildman–Crippen LogP) is 0.582. The summed E-state index contributed by atoms with van der Waals surface area (Å²) < 4.78 is 24.7. The van der Waals surface area contributed by atoms with Crippen LogP contribution < -0.4 is 15.5 Å². The van der Waals surface area contributed by atoms with Gasteiger partial charge in [0.1, 0.15) is 0 Å². The van der Waals surface area contributed by atoms with Crippen molar-refractivity contribution >= 4 is 52.3 Å². The SMILES string of the molecule is Cc1ccc(C#N)cc1N(CCNC(C)C)C(=O)CNCC(=O)N(C)N1CCN(S(C)(=O)=O)CC1.Cl.Cl. The summed E-state index contributed by atoms with van der Waals surface area (Å²) in [6.07, 6.45) is 1.18. The molecule has 14 heteroatoms. The molecule has 1 fully saturated rings. The third-order valence-corrected chi connectivity index (χ3v) is 7.14. The van der Waals surface area contributed by atoms with Crippen molar-refractivity contribution in [2.24, 2.45) is 0 Å². The van der Waals surface area contributed by atoms with Crippen molar-refractivity contribution in [1.82, 2.24) is 25.0 Å². The van der Waals surface area contributed by atoms with Crippen LogP contribution in [0, 0.1) is 18.3 Å². The van der Waals surface area contributed by atoms with E-state index in [2.05, 4.69) is 16.7 Å². The van der Waals surface area contributed by atoms with Gasteiger partial charge in [-0.3, -0.25) is 19.9 Å². The number of hydrogen-bond acceptors (Lipinski definition) is 8. The first kappa shape index (κ1) is 35.0. The topological polar surface area (TPSA) is 129 Å². The highest BCUT2D eigenvalue weighted by Crippen LogP contribution is 2.21. The van der Waals surface area contributed by atoms with Crippen LogP contribution in [0.2, 0.25) is 0 Å². The molecule has 1 heterocycles. The van der Waals surface area contributed by atoms with E-state index in [0.717, 1.165) is 5.56 Å². The van der Waals surface area contributed by atoms with Gasteiger partial charge in [0.2, 0.25) is 15.9 Å². The van der Waals surface area contributed by atoms with Gasteiger partial charge in [0.15, 0.2) is 0 Å². The van der Waals surface area contributed by atoms with Crippen LogP contribution in [0.1, 0.15) is 25.0 Å². The Morgan fingerprint density at radius 3 is 2.24 bits per heavy atom. The maximum Gasteiger partial charge on any atom is 0.250 e. The summed E-state index contributed by atoms with van der Waals surface area (Å²) in [5, 5.41) is 18.8. The molecule has 0 radical (unpaired) electrons. The molecule has 2 amide bonds. The number of nitrogens with zero attached hydrogens (tertiary/aromatic N) is 5. The summed E-state index contributed by atoms with van der Waals surface area (Å²) in [5.74, 6) is -0.424. The van der Waals surface area contributed by atoms with Crippen LogP contribution in [0.15, 0.2) is 18.2 Å². The minimum Gasteiger partial charge on any atom is -0.313 e. The van der Waals surface area contributed by atoms with Crippen LogP contribution in [0.3, 0.4) is 0 Å². The number of aryl methyl sites for hydroxylation is 1. The third-order valence-electron chi connectivity index (χ3n) is 5.84. The highest BCUT2D eigenvalue weighted by Gasteiger charge is 2.27. The number of likely N-dealkylation sites (N-methyl/N-ethyl adjacent to an activating group) is 1. The lowest BCUT2D eigenvalue weighted by atomic mass is 10.1. The molecule has 210 valence electrons. The number of rotatable bonds is 11. The largest absolute Gasteiger partial charge is 0.313 e. The second-order valence-corrected chi connectivity index (χ2v) is 10.9. The quantitative estimate of drug-likeness (QED) is 0.389. The maximum absolute atomic E-state index is 13.1. The average Bonchev–Trinajstić information content (AvgIpc) is 2.81. The molecule has 1 aromatic rings. The molecule has 0 aliphatic carbocycles. The number of hydrogen-bond donors (Lipinski definition) is 2. The van der Waals surface area contributed by atoms with Crippen LogP contribution in [0.5, 0.6) is 0 Å². The summed E-state index contributed by atoms with van der Waals surface area (Å²) in [7, 11) is -1.60. The number of sulfonamides is 1. The van der Waals surface area contributed by atoms with Crippen molar-refractivity contribution in [3.05, 3.63) is 29.3 Å². The van der Waals surface area contributed by atoms with Gasteiger partial charge < -0.3 is 10.2 Å². The number of piperazine rings is 1. The molecule has 0 atom stereocenters. The Kier molecular flexibility index (Phi) is 15.2. The Morgan fingerprint density at radius 1 is 1.11 bits per heavy atom. The Labute approximate surface area is 233 Å². The number of nitrogens with one attached hydrogen (secondary N) is 2. The molecule has 1 aliphatic heterocycles. The van der Waals surface area contributed by atoms with E-state index in [1.54, 1.807) is 29.1 Å². The summed E-state index contributed by atoms with van der Waals surface area (Å²) in [4.78, 5) is 27.4. The van der Waals surface area contributed by atoms with Crippen molar-refractivity contribution in [1.29, 1.82) is 5.26 Å². The van der Waals surface area contributed by atoms with Gasteiger partial charge in [0.05, 0.1) is 31.0 Å². The highest BCUT2D eigenvalue weighted by atomic mass is 35.5. The van der Waals surface area contributed by atoms with Crippen molar-refractivity contribution in [3.8, 4) is 6.07 Å². The smallest absolute Gasteiger partial charge is 0.250 e. The molecule has 2 rings (SSSR count). The average molecular weight is 581 g/mol. The molecule has 37 heavy (non-hydrogen) atoms. The Balaban J connectivity index is 0.00000648. The van der Waals surface area contributed by atoms with Gasteiger partial charge in [-0.2, -0.15) is 9.57 Å². The summed E-state index contributed by atoms with van der Waals surface area (Å²) in [6.45, 7) is 8.35. The van der Waals surface area contributed by atoms with E-state index in [1.807, 2.05) is 26.8 Å². The molecule has 2 N–H and O–H groups in total. The monoisotopic (exact) mass is 579 g/mol. The zero-order valence-electron chi connectivity index (χ0n) is 22.1. The van der Waals surface area contributed by atoms with Crippen LogP contribution >= 0.6 is 24.8 Å².